The molecule has 0 radical (unpaired) electrons. The van der Waals surface area contributed by atoms with Crippen molar-refractivity contribution in [3.8, 4) is 22.9 Å². The molecule has 0 fully saturated rings. The highest BCUT2D eigenvalue weighted by Gasteiger charge is 2.43. The minimum absolute atomic E-state index is 0.442. The molecule has 1 aromatic heterocycles. The number of hydrogen-bond acceptors (Lipinski definition) is 1. The molecule has 3 nitrogen and oxygen atoms in total. The number of nitriles is 1. The van der Waals surface area contributed by atoms with Crippen LogP contribution in [-0.4, -0.2) is 12.6 Å². The summed E-state index contributed by atoms with van der Waals surface area (Å²) >= 11 is 0. The maximum atomic E-state index is 10.7. The summed E-state index contributed by atoms with van der Waals surface area (Å²) in [6.45, 7) is 8.24. The molecule has 0 amide bonds. The van der Waals surface area contributed by atoms with Crippen LogP contribution in [-0.2, 0) is 0 Å². The maximum Gasteiger partial charge on any atom is 0.211 e. The smallest absolute Gasteiger partial charge is 0.211 e. The molecule has 8 aromatic rings. The summed E-state index contributed by atoms with van der Waals surface area (Å²) in [4.78, 5) is 3.98. The van der Waals surface area contributed by atoms with E-state index in [1.165, 1.54) is 20.7 Å². The van der Waals surface area contributed by atoms with E-state index >= 15 is 0 Å². The highest BCUT2D eigenvalue weighted by Crippen LogP contribution is 2.39. The van der Waals surface area contributed by atoms with Crippen molar-refractivity contribution in [2.45, 2.75) is 0 Å². The number of para-hydroxylation sites is 2. The van der Waals surface area contributed by atoms with Gasteiger partial charge in [0.2, 0.25) is 5.69 Å². The lowest BCUT2D eigenvalue weighted by atomic mass is 9.98. The lowest BCUT2D eigenvalue weighted by molar-refractivity contribution is 1.19. The molecule has 0 N–H and O–H groups in total. The molecule has 0 saturated heterocycles. The minimum Gasteiger partial charge on any atom is -0.319 e. The first-order chi connectivity index (χ1) is 23.8. The number of benzene rings is 7. The van der Waals surface area contributed by atoms with Crippen LogP contribution in [0, 0.1) is 17.9 Å². The molecule has 0 atom stereocenters. The van der Waals surface area contributed by atoms with E-state index in [2.05, 4.69) is 173 Å². The summed E-state index contributed by atoms with van der Waals surface area (Å²) in [6, 6.07) is 64.0. The van der Waals surface area contributed by atoms with Gasteiger partial charge in [0.05, 0.1) is 29.4 Å². The summed E-state index contributed by atoms with van der Waals surface area (Å²) in [5.41, 5.74) is 5.54. The van der Waals surface area contributed by atoms with E-state index in [9.17, 15) is 5.26 Å². The molecule has 8 rings (SSSR count). The molecule has 0 aliphatic carbocycles. The first kappa shape index (κ1) is 29.0. The molecule has 48 heavy (non-hydrogen) atoms. The summed E-state index contributed by atoms with van der Waals surface area (Å²) in [7, 11) is -2.93. The zero-order valence-corrected chi connectivity index (χ0v) is 27.1. The Morgan fingerprint density at radius 1 is 0.521 bits per heavy atom. The predicted molar refractivity (Wildman–Crippen MR) is 201 cm³/mol. The Labute approximate surface area is 281 Å². The van der Waals surface area contributed by atoms with E-state index in [1.807, 2.05) is 12.1 Å². The van der Waals surface area contributed by atoms with Crippen LogP contribution in [0.15, 0.2) is 176 Å². The van der Waals surface area contributed by atoms with Crippen LogP contribution in [0.4, 0.5) is 5.69 Å². The fraction of sp³-hybridized carbons (Fsp3) is 0. The van der Waals surface area contributed by atoms with Crippen LogP contribution < -0.4 is 20.7 Å². The fourth-order valence-corrected chi connectivity index (χ4v) is 12.4. The van der Waals surface area contributed by atoms with Crippen molar-refractivity contribution in [3.05, 3.63) is 193 Å². The standard InChI is InChI=1S/C44H29N3Si/c1-46-40-29-32(31-45)39(30-43(40)47-41-26-14-11-23-36(41)37-24-12-15-27-42(37)47)38-25-13-16-28-44(38)48(33-17-5-2-6-18-33,34-19-7-3-8-20-34)35-21-9-4-10-22-35/h2-30H. The number of rotatable bonds is 6. The molecule has 1 heterocycles. The molecule has 0 unspecified atom stereocenters. The van der Waals surface area contributed by atoms with Gasteiger partial charge in [-0.3, -0.25) is 0 Å². The van der Waals surface area contributed by atoms with Gasteiger partial charge in [-0.25, -0.2) is 4.85 Å². The normalized spacial score (nSPS) is 11.3. The first-order valence-electron chi connectivity index (χ1n) is 16.0. The van der Waals surface area contributed by atoms with Gasteiger partial charge >= 0.3 is 0 Å². The van der Waals surface area contributed by atoms with E-state index in [-0.39, 0.29) is 0 Å². The summed E-state index contributed by atoms with van der Waals surface area (Å²) < 4.78 is 2.18. The largest absolute Gasteiger partial charge is 0.319 e. The zero-order chi connectivity index (χ0) is 32.5. The Bertz CT molecular complexity index is 2370. The van der Waals surface area contributed by atoms with Crippen LogP contribution in [0.3, 0.4) is 0 Å². The Morgan fingerprint density at radius 2 is 0.979 bits per heavy atom. The molecular formula is C44H29N3Si. The van der Waals surface area contributed by atoms with Crippen LogP contribution in [0.25, 0.3) is 43.5 Å². The summed E-state index contributed by atoms with van der Waals surface area (Å²) in [5.74, 6) is 0. The van der Waals surface area contributed by atoms with Gasteiger partial charge in [0.15, 0.2) is 8.07 Å². The lowest BCUT2D eigenvalue weighted by Gasteiger charge is -2.36. The van der Waals surface area contributed by atoms with Gasteiger partial charge in [-0.15, -0.1) is 0 Å². The average molecular weight is 628 g/mol. The Morgan fingerprint density at radius 3 is 1.48 bits per heavy atom. The van der Waals surface area contributed by atoms with Gasteiger partial charge in [-0.1, -0.05) is 152 Å². The topological polar surface area (TPSA) is 33.1 Å². The second kappa shape index (κ2) is 12.0. The third kappa shape index (κ3) is 4.48. The van der Waals surface area contributed by atoms with Crippen molar-refractivity contribution < 1.29 is 0 Å². The highest BCUT2D eigenvalue weighted by molar-refractivity contribution is 7.20. The maximum absolute atomic E-state index is 10.7. The Kier molecular flexibility index (Phi) is 7.27. The van der Waals surface area contributed by atoms with Gasteiger partial charge in [0.25, 0.3) is 0 Å². The number of fused-ring (bicyclic) bond motifs is 3. The number of nitrogens with zero attached hydrogens (tertiary/aromatic N) is 3. The molecule has 0 aliphatic rings. The van der Waals surface area contributed by atoms with Gasteiger partial charge < -0.3 is 4.57 Å². The summed E-state index contributed by atoms with van der Waals surface area (Å²) in [5, 5.41) is 17.9. The van der Waals surface area contributed by atoms with E-state index in [1.54, 1.807) is 6.07 Å². The van der Waals surface area contributed by atoms with Gasteiger partial charge in [0.1, 0.15) is 0 Å². The van der Waals surface area contributed by atoms with Crippen molar-refractivity contribution in [2.24, 2.45) is 0 Å². The minimum atomic E-state index is -2.93. The monoisotopic (exact) mass is 627 g/mol. The van der Waals surface area contributed by atoms with E-state index < -0.39 is 8.07 Å². The van der Waals surface area contributed by atoms with Crippen LogP contribution >= 0.6 is 0 Å². The quantitative estimate of drug-likeness (QED) is 0.104. The first-order valence-corrected chi connectivity index (χ1v) is 18.0. The lowest BCUT2D eigenvalue weighted by Crippen LogP contribution is -2.75. The Balaban J connectivity index is 1.50. The summed E-state index contributed by atoms with van der Waals surface area (Å²) in [6.07, 6.45) is 0. The third-order valence-electron chi connectivity index (χ3n) is 9.42. The van der Waals surface area contributed by atoms with Gasteiger partial charge in [-0.05, 0) is 56.1 Å². The van der Waals surface area contributed by atoms with Gasteiger partial charge in [0, 0.05) is 16.3 Å². The number of aromatic nitrogens is 1. The van der Waals surface area contributed by atoms with Gasteiger partial charge in [-0.2, -0.15) is 5.26 Å². The van der Waals surface area contributed by atoms with Crippen molar-refractivity contribution in [1.82, 2.24) is 4.57 Å². The molecule has 0 saturated carbocycles. The van der Waals surface area contributed by atoms with Crippen molar-refractivity contribution >= 4 is 56.3 Å². The van der Waals surface area contributed by atoms with E-state index in [0.29, 0.717) is 11.3 Å². The fourth-order valence-electron chi connectivity index (χ4n) is 7.42. The van der Waals surface area contributed by atoms with Crippen LogP contribution in [0.2, 0.25) is 0 Å². The van der Waals surface area contributed by atoms with E-state index in [0.717, 1.165) is 38.6 Å². The molecule has 0 bridgehead atoms. The molecule has 7 aromatic carbocycles. The highest BCUT2D eigenvalue weighted by atomic mass is 28.3. The van der Waals surface area contributed by atoms with Crippen LogP contribution in [0.5, 0.6) is 0 Å². The second-order valence-corrected chi connectivity index (χ2v) is 15.6. The second-order valence-electron chi connectivity index (χ2n) is 11.9. The molecule has 224 valence electrons. The average Bonchev–Trinajstić information content (AvgIpc) is 3.50. The Hall–Kier alpha value is -6.46. The SMILES string of the molecule is [C-]#[N+]c1cc(C#N)c(-c2ccccc2[Si](c2ccccc2)(c2ccccc2)c2ccccc2)cc1-n1c2ccccc2c2ccccc21. The van der Waals surface area contributed by atoms with E-state index in [4.69, 9.17) is 6.57 Å². The van der Waals surface area contributed by atoms with Crippen molar-refractivity contribution in [2.75, 3.05) is 0 Å². The number of hydrogen-bond donors (Lipinski definition) is 0. The van der Waals surface area contributed by atoms with Crippen molar-refractivity contribution in [1.29, 1.82) is 5.26 Å². The molecule has 4 heteroatoms. The molecule has 0 aliphatic heterocycles. The predicted octanol–water partition coefficient (Wildman–Crippen LogP) is 8.25. The van der Waals surface area contributed by atoms with Crippen molar-refractivity contribution in [3.63, 3.8) is 0 Å². The third-order valence-corrected chi connectivity index (χ3v) is 14.3. The molecule has 0 spiro atoms. The van der Waals surface area contributed by atoms with Crippen LogP contribution in [0.1, 0.15) is 5.56 Å². The zero-order valence-electron chi connectivity index (χ0n) is 26.1. The molecular weight excluding hydrogens is 599 g/mol.